The lowest BCUT2D eigenvalue weighted by Gasteiger charge is -2.22. The van der Waals surface area contributed by atoms with E-state index >= 15 is 0 Å². The Morgan fingerprint density at radius 3 is 2.36 bits per heavy atom. The van der Waals surface area contributed by atoms with Crippen LogP contribution in [0, 0.1) is 13.8 Å². The van der Waals surface area contributed by atoms with Gasteiger partial charge < -0.3 is 4.90 Å². The summed E-state index contributed by atoms with van der Waals surface area (Å²) in [6.07, 6.45) is 0. The Hall–Kier alpha value is -2.14. The average Bonchev–Trinajstić information content (AvgIpc) is 2.57. The molecule has 0 fully saturated rings. The van der Waals surface area contributed by atoms with Crippen LogP contribution in [0.25, 0.3) is 0 Å². The topological polar surface area (TPSA) is 54.5 Å². The molecule has 0 spiro atoms. The second-order valence-corrected chi connectivity index (χ2v) is 8.88. The number of rotatable bonds is 6. The Bertz CT molecular complexity index is 844. The summed E-state index contributed by atoms with van der Waals surface area (Å²) in [5, 5.41) is -1.07. The molecule has 0 radical (unpaired) electrons. The molecule has 1 atom stereocenters. The van der Waals surface area contributed by atoms with Crippen LogP contribution in [-0.4, -0.2) is 31.5 Å². The molecule has 25 heavy (non-hydrogen) atoms. The molecule has 0 unspecified atom stereocenters. The third kappa shape index (κ3) is 4.92. The smallest absolute Gasteiger partial charge is 0.240 e. The van der Waals surface area contributed by atoms with E-state index in [0.29, 0.717) is 6.54 Å². The normalized spacial score (nSPS) is 12.6. The van der Waals surface area contributed by atoms with E-state index in [2.05, 4.69) is 0 Å². The highest BCUT2D eigenvalue weighted by molar-refractivity contribution is 7.92. The van der Waals surface area contributed by atoms with Crippen molar-refractivity contribution < 1.29 is 13.2 Å². The first-order valence-electron chi connectivity index (χ1n) is 8.27. The number of sulfone groups is 1. The lowest BCUT2D eigenvalue weighted by atomic mass is 10.1. The summed E-state index contributed by atoms with van der Waals surface area (Å²) in [7, 11) is -1.94. The largest absolute Gasteiger partial charge is 0.340 e. The Kier molecular flexibility index (Phi) is 6.01. The van der Waals surface area contributed by atoms with Gasteiger partial charge in [-0.15, -0.1) is 0 Å². The van der Waals surface area contributed by atoms with Gasteiger partial charge in [0.15, 0.2) is 9.84 Å². The highest BCUT2D eigenvalue weighted by atomic mass is 32.2. The molecule has 5 heteroatoms. The molecule has 0 heterocycles. The Balaban J connectivity index is 2.12. The summed E-state index contributed by atoms with van der Waals surface area (Å²) in [6.45, 7) is 5.68. The van der Waals surface area contributed by atoms with Crippen molar-refractivity contribution in [2.24, 2.45) is 0 Å². The van der Waals surface area contributed by atoms with Gasteiger partial charge >= 0.3 is 0 Å². The molecule has 0 aliphatic rings. The fourth-order valence-electron chi connectivity index (χ4n) is 2.70. The Morgan fingerprint density at radius 2 is 1.72 bits per heavy atom. The fraction of sp³-hybridized carbons (Fsp3) is 0.350. The number of nitrogens with zero attached hydrogens (tertiary/aromatic N) is 1. The van der Waals surface area contributed by atoms with Crippen molar-refractivity contribution in [3.8, 4) is 0 Å². The van der Waals surface area contributed by atoms with Gasteiger partial charge in [-0.3, -0.25) is 4.79 Å². The van der Waals surface area contributed by atoms with Gasteiger partial charge in [0.2, 0.25) is 5.91 Å². The van der Waals surface area contributed by atoms with Crippen LogP contribution in [0.2, 0.25) is 0 Å². The molecule has 0 N–H and O–H groups in total. The lowest BCUT2D eigenvalue weighted by molar-refractivity contribution is -0.129. The standard InChI is InChI=1S/C20H25NO3S/c1-15-10-11-16(2)19(12-15)14-25(23,24)17(3)20(22)21(4)13-18-8-6-5-7-9-18/h5-12,17H,13-14H2,1-4H3/t17-/m0/s1. The molecule has 2 aromatic rings. The number of hydrogen-bond acceptors (Lipinski definition) is 3. The molecule has 0 aliphatic carbocycles. The fourth-order valence-corrected chi connectivity index (χ4v) is 4.18. The van der Waals surface area contributed by atoms with Crippen LogP contribution in [0.4, 0.5) is 0 Å². The first kappa shape index (κ1) is 19.2. The lowest BCUT2D eigenvalue weighted by Crippen LogP contribution is -2.39. The van der Waals surface area contributed by atoms with Crippen molar-refractivity contribution in [1.82, 2.24) is 4.90 Å². The van der Waals surface area contributed by atoms with Crippen molar-refractivity contribution in [1.29, 1.82) is 0 Å². The number of aryl methyl sites for hydroxylation is 2. The predicted octanol–water partition coefficient (Wildman–Crippen LogP) is 3.27. The van der Waals surface area contributed by atoms with Crippen LogP contribution in [0.15, 0.2) is 48.5 Å². The monoisotopic (exact) mass is 359 g/mol. The van der Waals surface area contributed by atoms with Crippen LogP contribution >= 0.6 is 0 Å². The van der Waals surface area contributed by atoms with Crippen molar-refractivity contribution >= 4 is 15.7 Å². The summed E-state index contributed by atoms with van der Waals surface area (Å²) in [5.74, 6) is -0.499. The highest BCUT2D eigenvalue weighted by Crippen LogP contribution is 2.18. The van der Waals surface area contributed by atoms with E-state index in [-0.39, 0.29) is 11.7 Å². The first-order chi connectivity index (χ1) is 11.7. The molecule has 134 valence electrons. The van der Waals surface area contributed by atoms with Crippen molar-refractivity contribution in [3.05, 3.63) is 70.8 Å². The SMILES string of the molecule is Cc1ccc(C)c(CS(=O)(=O)[C@@H](C)C(=O)N(C)Cc2ccccc2)c1. The van der Waals surface area contributed by atoms with Gasteiger partial charge in [-0.25, -0.2) is 8.42 Å². The molecular formula is C20H25NO3S. The van der Waals surface area contributed by atoms with E-state index in [0.717, 1.165) is 22.3 Å². The number of benzene rings is 2. The molecule has 0 aliphatic heterocycles. The summed E-state index contributed by atoms with van der Waals surface area (Å²) >= 11 is 0. The minimum atomic E-state index is -3.58. The quantitative estimate of drug-likeness (QED) is 0.795. The predicted molar refractivity (Wildman–Crippen MR) is 101 cm³/mol. The molecule has 0 aromatic heterocycles. The molecule has 0 saturated heterocycles. The maximum absolute atomic E-state index is 12.7. The zero-order chi connectivity index (χ0) is 18.6. The average molecular weight is 359 g/mol. The van der Waals surface area contributed by atoms with Crippen molar-refractivity contribution in [2.45, 2.75) is 38.3 Å². The Morgan fingerprint density at radius 1 is 1.08 bits per heavy atom. The second-order valence-electron chi connectivity index (χ2n) is 6.56. The van der Waals surface area contributed by atoms with E-state index in [4.69, 9.17) is 0 Å². The van der Waals surface area contributed by atoms with Crippen LogP contribution in [0.5, 0.6) is 0 Å². The van der Waals surface area contributed by atoms with Gasteiger partial charge in [-0.1, -0.05) is 54.1 Å². The number of carbonyl (C=O) groups is 1. The molecular weight excluding hydrogens is 334 g/mol. The maximum Gasteiger partial charge on any atom is 0.240 e. The van der Waals surface area contributed by atoms with Crippen molar-refractivity contribution in [3.63, 3.8) is 0 Å². The van der Waals surface area contributed by atoms with Crippen LogP contribution in [0.1, 0.15) is 29.2 Å². The summed E-state index contributed by atoms with van der Waals surface area (Å²) in [6, 6.07) is 15.3. The third-order valence-corrected chi connectivity index (χ3v) is 6.38. The third-order valence-electron chi connectivity index (χ3n) is 4.39. The van der Waals surface area contributed by atoms with Gasteiger partial charge in [0.05, 0.1) is 5.75 Å². The van der Waals surface area contributed by atoms with Crippen molar-refractivity contribution in [2.75, 3.05) is 7.05 Å². The van der Waals surface area contributed by atoms with Crippen LogP contribution in [0.3, 0.4) is 0 Å². The summed E-state index contributed by atoms with van der Waals surface area (Å²) in [5.41, 5.74) is 3.66. The van der Waals surface area contributed by atoms with E-state index in [1.165, 1.54) is 11.8 Å². The minimum absolute atomic E-state index is 0.118. The zero-order valence-electron chi connectivity index (χ0n) is 15.2. The van der Waals surface area contributed by atoms with Crippen LogP contribution in [-0.2, 0) is 26.9 Å². The minimum Gasteiger partial charge on any atom is -0.340 e. The summed E-state index contributed by atoms with van der Waals surface area (Å²) < 4.78 is 25.4. The number of carbonyl (C=O) groups excluding carboxylic acids is 1. The van der Waals surface area contributed by atoms with E-state index in [9.17, 15) is 13.2 Å². The molecule has 0 saturated carbocycles. The number of hydrogen-bond donors (Lipinski definition) is 0. The first-order valence-corrected chi connectivity index (χ1v) is 9.99. The molecule has 0 bridgehead atoms. The zero-order valence-corrected chi connectivity index (χ0v) is 16.0. The molecule has 4 nitrogen and oxygen atoms in total. The Labute approximate surface area is 150 Å². The number of amides is 1. The van der Waals surface area contributed by atoms with Gasteiger partial charge in [0.25, 0.3) is 0 Å². The van der Waals surface area contributed by atoms with E-state index in [1.807, 2.05) is 62.4 Å². The van der Waals surface area contributed by atoms with E-state index in [1.54, 1.807) is 7.05 Å². The van der Waals surface area contributed by atoms with E-state index < -0.39 is 15.1 Å². The van der Waals surface area contributed by atoms with Gasteiger partial charge in [0.1, 0.15) is 5.25 Å². The van der Waals surface area contributed by atoms with Crippen LogP contribution < -0.4 is 0 Å². The van der Waals surface area contributed by atoms with Gasteiger partial charge in [0, 0.05) is 13.6 Å². The highest BCUT2D eigenvalue weighted by Gasteiger charge is 2.30. The maximum atomic E-state index is 12.7. The molecule has 2 aromatic carbocycles. The van der Waals surface area contributed by atoms with Gasteiger partial charge in [-0.05, 0) is 37.5 Å². The summed E-state index contributed by atoms with van der Waals surface area (Å²) in [4.78, 5) is 14.1. The second kappa shape index (κ2) is 7.83. The molecule has 1 amide bonds. The molecule has 2 rings (SSSR count). The van der Waals surface area contributed by atoms with Gasteiger partial charge in [-0.2, -0.15) is 0 Å².